The molecule has 1 heterocycles. The van der Waals surface area contributed by atoms with Gasteiger partial charge in [-0.25, -0.2) is 8.78 Å². The summed E-state index contributed by atoms with van der Waals surface area (Å²) in [6, 6.07) is 4.05. The molecule has 0 spiro atoms. The summed E-state index contributed by atoms with van der Waals surface area (Å²) >= 11 is 0. The van der Waals surface area contributed by atoms with Crippen LogP contribution in [0.2, 0.25) is 0 Å². The summed E-state index contributed by atoms with van der Waals surface area (Å²) in [6.07, 6.45) is 0.562. The average molecular weight is 278 g/mol. The second-order valence-electron chi connectivity index (χ2n) is 4.27. The van der Waals surface area contributed by atoms with Gasteiger partial charge in [-0.15, -0.1) is 12.4 Å². The van der Waals surface area contributed by atoms with Crippen LogP contribution < -0.4 is 0 Å². The first-order chi connectivity index (χ1) is 8.08. The van der Waals surface area contributed by atoms with E-state index in [1.165, 1.54) is 12.1 Å². The van der Waals surface area contributed by atoms with Gasteiger partial charge >= 0.3 is 5.97 Å². The third-order valence-electron chi connectivity index (χ3n) is 3.05. The van der Waals surface area contributed by atoms with Crippen LogP contribution in [0.15, 0.2) is 18.2 Å². The van der Waals surface area contributed by atoms with E-state index < -0.39 is 23.5 Å². The van der Waals surface area contributed by atoms with Crippen molar-refractivity contribution in [2.24, 2.45) is 5.92 Å². The van der Waals surface area contributed by atoms with E-state index in [0.717, 1.165) is 6.07 Å². The molecule has 1 fully saturated rings. The van der Waals surface area contributed by atoms with Crippen LogP contribution in [0.1, 0.15) is 12.0 Å². The lowest BCUT2D eigenvalue weighted by Crippen LogP contribution is -2.23. The van der Waals surface area contributed by atoms with E-state index >= 15 is 0 Å². The molecule has 100 valence electrons. The van der Waals surface area contributed by atoms with Crippen LogP contribution in [0.25, 0.3) is 0 Å². The first kappa shape index (κ1) is 14.9. The maximum Gasteiger partial charge on any atom is 0.307 e. The molecule has 0 amide bonds. The molecule has 0 saturated carbocycles. The number of halogens is 3. The van der Waals surface area contributed by atoms with Gasteiger partial charge < -0.3 is 5.11 Å². The second kappa shape index (κ2) is 6.11. The number of likely N-dealkylation sites (tertiary alicyclic amines) is 1. The zero-order valence-electron chi connectivity index (χ0n) is 9.60. The molecule has 1 aromatic carbocycles. The predicted octanol–water partition coefficient (Wildman–Crippen LogP) is 2.29. The lowest BCUT2D eigenvalue weighted by molar-refractivity contribution is -0.141. The van der Waals surface area contributed by atoms with Crippen LogP contribution in [0.4, 0.5) is 8.78 Å². The van der Waals surface area contributed by atoms with Crippen molar-refractivity contribution in [1.82, 2.24) is 4.90 Å². The standard InChI is InChI=1S/C12H13F2NO2.ClH/c13-10-3-1-2-8(11(10)14)6-15-5-4-9(7-15)12(16)17;/h1-3,9H,4-7H2,(H,16,17);1H. The van der Waals surface area contributed by atoms with E-state index in [1.807, 2.05) is 4.90 Å². The summed E-state index contributed by atoms with van der Waals surface area (Å²) in [5.41, 5.74) is 0.274. The van der Waals surface area contributed by atoms with Gasteiger partial charge in [0.15, 0.2) is 11.6 Å². The van der Waals surface area contributed by atoms with Gasteiger partial charge in [0, 0.05) is 18.7 Å². The van der Waals surface area contributed by atoms with Crippen molar-refractivity contribution in [1.29, 1.82) is 0 Å². The van der Waals surface area contributed by atoms with Crippen molar-refractivity contribution >= 4 is 18.4 Å². The summed E-state index contributed by atoms with van der Waals surface area (Å²) in [5.74, 6) is -2.93. The fourth-order valence-electron chi connectivity index (χ4n) is 2.09. The Morgan fingerprint density at radius 2 is 2.17 bits per heavy atom. The molecule has 1 aliphatic rings. The van der Waals surface area contributed by atoms with Crippen molar-refractivity contribution in [2.45, 2.75) is 13.0 Å². The molecule has 6 heteroatoms. The van der Waals surface area contributed by atoms with E-state index in [9.17, 15) is 13.6 Å². The van der Waals surface area contributed by atoms with Crippen LogP contribution in [-0.2, 0) is 11.3 Å². The third kappa shape index (κ3) is 3.17. The zero-order valence-corrected chi connectivity index (χ0v) is 10.4. The van der Waals surface area contributed by atoms with Crippen molar-refractivity contribution in [3.8, 4) is 0 Å². The number of hydrogen-bond acceptors (Lipinski definition) is 2. The van der Waals surface area contributed by atoms with Gasteiger partial charge in [0.25, 0.3) is 0 Å². The first-order valence-corrected chi connectivity index (χ1v) is 5.46. The van der Waals surface area contributed by atoms with Crippen LogP contribution in [0, 0.1) is 17.6 Å². The van der Waals surface area contributed by atoms with Gasteiger partial charge in [-0.3, -0.25) is 9.69 Å². The van der Waals surface area contributed by atoms with Gasteiger partial charge in [-0.05, 0) is 19.0 Å². The number of aliphatic carboxylic acids is 1. The number of benzene rings is 1. The minimum absolute atomic E-state index is 0. The summed E-state index contributed by atoms with van der Waals surface area (Å²) in [5, 5.41) is 8.84. The van der Waals surface area contributed by atoms with E-state index in [1.54, 1.807) is 0 Å². The van der Waals surface area contributed by atoms with Crippen molar-refractivity contribution < 1.29 is 18.7 Å². The topological polar surface area (TPSA) is 40.5 Å². The Morgan fingerprint density at radius 3 is 2.78 bits per heavy atom. The first-order valence-electron chi connectivity index (χ1n) is 5.46. The molecular weight excluding hydrogens is 264 g/mol. The van der Waals surface area contributed by atoms with Crippen LogP contribution in [0.3, 0.4) is 0 Å². The Balaban J connectivity index is 0.00000162. The lowest BCUT2D eigenvalue weighted by Gasteiger charge is -2.15. The van der Waals surface area contributed by atoms with Crippen molar-refractivity contribution in [3.63, 3.8) is 0 Å². The molecule has 1 unspecified atom stereocenters. The van der Waals surface area contributed by atoms with E-state index in [0.29, 0.717) is 19.5 Å². The molecule has 0 aliphatic carbocycles. The van der Waals surface area contributed by atoms with Gasteiger partial charge in [0.2, 0.25) is 0 Å². The molecule has 1 N–H and O–H groups in total. The van der Waals surface area contributed by atoms with E-state index in [2.05, 4.69) is 0 Å². The Kier molecular flexibility index (Phi) is 5.04. The molecule has 18 heavy (non-hydrogen) atoms. The van der Waals surface area contributed by atoms with Gasteiger partial charge in [0.05, 0.1) is 5.92 Å². The minimum Gasteiger partial charge on any atom is -0.481 e. The molecule has 0 bridgehead atoms. The predicted molar refractivity (Wildman–Crippen MR) is 64.6 cm³/mol. The highest BCUT2D eigenvalue weighted by atomic mass is 35.5. The van der Waals surface area contributed by atoms with Gasteiger partial charge in [-0.1, -0.05) is 12.1 Å². The Bertz CT molecular complexity index is 442. The molecule has 0 radical (unpaired) electrons. The number of carbonyl (C=O) groups is 1. The monoisotopic (exact) mass is 277 g/mol. The molecule has 1 aromatic rings. The zero-order chi connectivity index (χ0) is 12.4. The molecule has 3 nitrogen and oxygen atoms in total. The fourth-order valence-corrected chi connectivity index (χ4v) is 2.09. The van der Waals surface area contributed by atoms with Gasteiger partial charge in [0.1, 0.15) is 0 Å². The smallest absolute Gasteiger partial charge is 0.307 e. The summed E-state index contributed by atoms with van der Waals surface area (Å²) in [7, 11) is 0. The van der Waals surface area contributed by atoms with Crippen molar-refractivity contribution in [3.05, 3.63) is 35.4 Å². The van der Waals surface area contributed by atoms with Gasteiger partial charge in [-0.2, -0.15) is 0 Å². The van der Waals surface area contributed by atoms with Crippen LogP contribution in [-0.4, -0.2) is 29.1 Å². The van der Waals surface area contributed by atoms with E-state index in [4.69, 9.17) is 5.11 Å². The lowest BCUT2D eigenvalue weighted by atomic mass is 10.1. The Morgan fingerprint density at radius 1 is 1.44 bits per heavy atom. The molecule has 1 aliphatic heterocycles. The number of rotatable bonds is 3. The van der Waals surface area contributed by atoms with E-state index in [-0.39, 0.29) is 24.5 Å². The fraction of sp³-hybridized carbons (Fsp3) is 0.417. The number of carboxylic acid groups (broad SMARTS) is 1. The molecular formula is C12H14ClF2NO2. The summed E-state index contributed by atoms with van der Waals surface area (Å²) in [6.45, 7) is 1.26. The average Bonchev–Trinajstić information content (AvgIpc) is 2.73. The third-order valence-corrected chi connectivity index (χ3v) is 3.05. The SMILES string of the molecule is Cl.O=C(O)C1CCN(Cc2cccc(F)c2F)C1. The molecule has 1 saturated heterocycles. The maximum absolute atomic E-state index is 13.4. The Hall–Kier alpha value is -1.20. The van der Waals surface area contributed by atoms with Crippen LogP contribution in [0.5, 0.6) is 0 Å². The molecule has 2 rings (SSSR count). The summed E-state index contributed by atoms with van der Waals surface area (Å²) in [4.78, 5) is 12.6. The normalized spacial score (nSPS) is 19.6. The quantitative estimate of drug-likeness (QED) is 0.922. The Labute approximate surface area is 110 Å². The number of carboxylic acids is 1. The number of nitrogens with zero attached hydrogens (tertiary/aromatic N) is 1. The summed E-state index contributed by atoms with van der Waals surface area (Å²) < 4.78 is 26.4. The number of hydrogen-bond donors (Lipinski definition) is 1. The maximum atomic E-state index is 13.4. The second-order valence-corrected chi connectivity index (χ2v) is 4.27. The van der Waals surface area contributed by atoms with Crippen LogP contribution >= 0.6 is 12.4 Å². The molecule has 1 atom stereocenters. The highest BCUT2D eigenvalue weighted by Gasteiger charge is 2.28. The minimum atomic E-state index is -0.864. The molecule has 0 aromatic heterocycles. The highest BCUT2D eigenvalue weighted by molar-refractivity contribution is 5.85. The largest absolute Gasteiger partial charge is 0.481 e. The van der Waals surface area contributed by atoms with Crippen molar-refractivity contribution in [2.75, 3.05) is 13.1 Å². The highest BCUT2D eigenvalue weighted by Crippen LogP contribution is 2.20.